The molecule has 0 spiro atoms. The highest BCUT2D eigenvalue weighted by Gasteiger charge is 2.67. The van der Waals surface area contributed by atoms with E-state index in [9.17, 15) is 14.7 Å². The van der Waals surface area contributed by atoms with Gasteiger partial charge in [0, 0.05) is 11.6 Å². The number of alkyl halides is 1. The van der Waals surface area contributed by atoms with Gasteiger partial charge in [0.2, 0.25) is 5.91 Å². The quantitative estimate of drug-likeness (QED) is 0.484. The van der Waals surface area contributed by atoms with Crippen LogP contribution in [0.3, 0.4) is 0 Å². The first-order valence-corrected chi connectivity index (χ1v) is 7.92. The molecule has 1 aromatic carbocycles. The van der Waals surface area contributed by atoms with Gasteiger partial charge in [-0.05, 0) is 36.6 Å². The average molecular weight is 352 g/mol. The number of nitrogens with one attached hydrogen (secondary N) is 1. The second-order valence-corrected chi connectivity index (χ2v) is 7.05. The molecule has 1 saturated heterocycles. The Morgan fingerprint density at radius 3 is 2.71 bits per heavy atom. The Labute approximate surface area is 129 Å². The van der Waals surface area contributed by atoms with E-state index in [1.165, 1.54) is 12.1 Å². The molecule has 1 heterocycles. The number of phenolic OH excluding ortho intramolecular Hbond substituents is 1. The summed E-state index contributed by atoms with van der Waals surface area (Å²) < 4.78 is 5.40. The molecular formula is C15H14BrNO4. The first-order valence-electron chi connectivity index (χ1n) is 7.01. The van der Waals surface area contributed by atoms with Gasteiger partial charge in [-0.3, -0.25) is 9.59 Å². The summed E-state index contributed by atoms with van der Waals surface area (Å²) in [5.74, 6) is -0.544. The van der Waals surface area contributed by atoms with E-state index in [1.54, 1.807) is 12.1 Å². The molecule has 4 rings (SSSR count). The molecule has 0 unspecified atom stereocenters. The standard InChI is InChI=1S/C15H14BrNO4/c16-12-8-5-9-11(15(20)21-13(9)12)10(8)14(19)17-6-1-3-7(18)4-2-6/h1-4,8-13,18H,5H2,(H,17,19)/t8-,9-,10-,11+,12-,13+/m1/s1. The molecule has 2 aliphatic carbocycles. The second-order valence-electron chi connectivity index (χ2n) is 6.00. The Bertz CT molecular complexity index is 617. The first-order chi connectivity index (χ1) is 10.1. The van der Waals surface area contributed by atoms with Crippen LogP contribution >= 0.6 is 15.9 Å². The molecule has 2 saturated carbocycles. The van der Waals surface area contributed by atoms with Gasteiger partial charge in [-0.25, -0.2) is 0 Å². The number of rotatable bonds is 2. The number of hydrogen-bond donors (Lipinski definition) is 2. The van der Waals surface area contributed by atoms with Crippen LogP contribution in [0, 0.1) is 23.7 Å². The number of carbonyl (C=O) groups is 2. The lowest BCUT2D eigenvalue weighted by Crippen LogP contribution is -2.40. The SMILES string of the molecule is O=C(Nc1ccc(O)cc1)[C@@H]1[C@H]2C[C@H]3[C@H](OC(=O)[C@@H]31)[C@@H]2Br. The molecule has 1 aliphatic heterocycles. The van der Waals surface area contributed by atoms with E-state index in [-0.39, 0.29) is 52.2 Å². The first kappa shape index (κ1) is 13.1. The van der Waals surface area contributed by atoms with E-state index in [2.05, 4.69) is 21.2 Å². The number of phenols is 1. The van der Waals surface area contributed by atoms with E-state index in [0.717, 1.165) is 6.42 Å². The zero-order valence-electron chi connectivity index (χ0n) is 11.0. The van der Waals surface area contributed by atoms with Gasteiger partial charge in [-0.1, -0.05) is 15.9 Å². The van der Waals surface area contributed by atoms with Crippen molar-refractivity contribution >= 4 is 33.5 Å². The van der Waals surface area contributed by atoms with E-state index < -0.39 is 0 Å². The fraction of sp³-hybridized carbons (Fsp3) is 0.467. The summed E-state index contributed by atoms with van der Waals surface area (Å²) in [6.45, 7) is 0. The number of aromatic hydroxyl groups is 1. The van der Waals surface area contributed by atoms with Gasteiger partial charge >= 0.3 is 5.97 Å². The number of ether oxygens (including phenoxy) is 1. The highest BCUT2D eigenvalue weighted by molar-refractivity contribution is 9.09. The molecule has 110 valence electrons. The number of anilines is 1. The van der Waals surface area contributed by atoms with Crippen LogP contribution in [0.25, 0.3) is 0 Å². The molecule has 6 atom stereocenters. The van der Waals surface area contributed by atoms with Crippen molar-refractivity contribution in [3.05, 3.63) is 24.3 Å². The molecule has 1 aromatic rings. The maximum Gasteiger partial charge on any atom is 0.310 e. The van der Waals surface area contributed by atoms with Crippen LogP contribution in [0.5, 0.6) is 5.75 Å². The predicted molar refractivity (Wildman–Crippen MR) is 77.9 cm³/mol. The minimum atomic E-state index is -0.334. The molecule has 2 N–H and O–H groups in total. The van der Waals surface area contributed by atoms with Gasteiger partial charge in [0.05, 0.1) is 16.7 Å². The number of fused-ring (bicyclic) bond motifs is 1. The van der Waals surface area contributed by atoms with Crippen LogP contribution in [0.1, 0.15) is 6.42 Å². The molecule has 21 heavy (non-hydrogen) atoms. The van der Waals surface area contributed by atoms with Gasteiger partial charge in [0.25, 0.3) is 0 Å². The maximum atomic E-state index is 12.6. The molecule has 0 aromatic heterocycles. The van der Waals surface area contributed by atoms with Crippen molar-refractivity contribution in [3.8, 4) is 5.75 Å². The highest BCUT2D eigenvalue weighted by atomic mass is 79.9. The van der Waals surface area contributed by atoms with Gasteiger partial charge in [-0.15, -0.1) is 0 Å². The monoisotopic (exact) mass is 351 g/mol. The number of hydrogen-bond acceptors (Lipinski definition) is 4. The highest BCUT2D eigenvalue weighted by Crippen LogP contribution is 2.60. The molecule has 6 heteroatoms. The van der Waals surface area contributed by atoms with Crippen LogP contribution in [-0.4, -0.2) is 27.9 Å². The third-order valence-corrected chi connectivity index (χ3v) is 6.16. The van der Waals surface area contributed by atoms with Crippen LogP contribution in [0.2, 0.25) is 0 Å². The Morgan fingerprint density at radius 2 is 2.00 bits per heavy atom. The number of halogens is 1. The summed E-state index contributed by atoms with van der Waals surface area (Å²) in [5.41, 5.74) is 0.620. The molecule has 2 bridgehead atoms. The Balaban J connectivity index is 1.57. The van der Waals surface area contributed by atoms with E-state index in [1.807, 2.05) is 0 Å². The van der Waals surface area contributed by atoms with Crippen molar-refractivity contribution in [2.45, 2.75) is 17.4 Å². The largest absolute Gasteiger partial charge is 0.508 e. The molecule has 0 radical (unpaired) electrons. The zero-order chi connectivity index (χ0) is 14.7. The van der Waals surface area contributed by atoms with Crippen molar-refractivity contribution in [1.82, 2.24) is 0 Å². The minimum absolute atomic E-state index is 0.0646. The summed E-state index contributed by atoms with van der Waals surface area (Å²) in [6.07, 6.45) is 0.801. The van der Waals surface area contributed by atoms with Crippen LogP contribution in [-0.2, 0) is 14.3 Å². The number of benzene rings is 1. The second kappa shape index (κ2) is 4.47. The van der Waals surface area contributed by atoms with Crippen LogP contribution < -0.4 is 5.32 Å². The number of esters is 1. The van der Waals surface area contributed by atoms with E-state index in [4.69, 9.17) is 4.74 Å². The van der Waals surface area contributed by atoms with E-state index >= 15 is 0 Å². The van der Waals surface area contributed by atoms with Crippen LogP contribution in [0.15, 0.2) is 24.3 Å². The van der Waals surface area contributed by atoms with Crippen molar-refractivity contribution in [2.24, 2.45) is 23.7 Å². The molecule has 3 fully saturated rings. The third-order valence-electron chi connectivity index (χ3n) is 4.96. The third kappa shape index (κ3) is 1.81. The number of carbonyl (C=O) groups excluding carboxylic acids is 2. The lowest BCUT2D eigenvalue weighted by Gasteiger charge is -2.27. The summed E-state index contributed by atoms with van der Waals surface area (Å²) in [7, 11) is 0. The van der Waals surface area contributed by atoms with Crippen molar-refractivity contribution in [1.29, 1.82) is 0 Å². The summed E-state index contributed by atoms with van der Waals surface area (Å²) in [4.78, 5) is 24.6. The average Bonchev–Trinajstić information content (AvgIpc) is 3.05. The topological polar surface area (TPSA) is 75.6 Å². The summed E-state index contributed by atoms with van der Waals surface area (Å²) in [5, 5.41) is 12.1. The Kier molecular flexibility index (Phi) is 2.79. The smallest absolute Gasteiger partial charge is 0.310 e. The summed E-state index contributed by atoms with van der Waals surface area (Å²) in [6, 6.07) is 6.32. The van der Waals surface area contributed by atoms with Crippen LogP contribution in [0.4, 0.5) is 5.69 Å². The molecular weight excluding hydrogens is 338 g/mol. The maximum absolute atomic E-state index is 12.6. The fourth-order valence-corrected chi connectivity index (χ4v) is 5.15. The Hall–Kier alpha value is -1.56. The van der Waals surface area contributed by atoms with Gasteiger partial charge in [0.15, 0.2) is 0 Å². The van der Waals surface area contributed by atoms with Gasteiger partial charge < -0.3 is 15.2 Å². The molecule has 3 aliphatic rings. The predicted octanol–water partition coefficient (Wildman–Crippen LogP) is 1.90. The van der Waals surface area contributed by atoms with Crippen molar-refractivity contribution in [3.63, 3.8) is 0 Å². The fourth-order valence-electron chi connectivity index (χ4n) is 4.10. The van der Waals surface area contributed by atoms with Crippen molar-refractivity contribution in [2.75, 3.05) is 5.32 Å². The Morgan fingerprint density at radius 1 is 1.29 bits per heavy atom. The normalized spacial score (nSPS) is 39.4. The zero-order valence-corrected chi connectivity index (χ0v) is 12.6. The van der Waals surface area contributed by atoms with Crippen molar-refractivity contribution < 1.29 is 19.4 Å². The minimum Gasteiger partial charge on any atom is -0.508 e. The number of amides is 1. The van der Waals surface area contributed by atoms with E-state index in [0.29, 0.717) is 5.69 Å². The lowest BCUT2D eigenvalue weighted by atomic mass is 9.79. The molecule has 5 nitrogen and oxygen atoms in total. The summed E-state index contributed by atoms with van der Waals surface area (Å²) >= 11 is 3.59. The molecule has 1 amide bonds. The lowest BCUT2D eigenvalue weighted by molar-refractivity contribution is -0.145. The van der Waals surface area contributed by atoms with Gasteiger partial charge in [0.1, 0.15) is 11.9 Å². The van der Waals surface area contributed by atoms with Gasteiger partial charge in [-0.2, -0.15) is 0 Å².